The highest BCUT2D eigenvalue weighted by Gasteiger charge is 2.49. The second kappa shape index (κ2) is 6.10. The van der Waals surface area contributed by atoms with E-state index in [9.17, 15) is 5.11 Å². The van der Waals surface area contributed by atoms with Crippen molar-refractivity contribution >= 4 is 0 Å². The molecule has 0 amide bonds. The molecule has 0 saturated heterocycles. The largest absolute Gasteiger partial charge is 0.388 e. The molecule has 0 aromatic heterocycles. The van der Waals surface area contributed by atoms with E-state index < -0.39 is 0 Å². The number of aliphatic hydroxyl groups excluding tert-OH is 1. The van der Waals surface area contributed by atoms with Crippen LogP contribution in [0.4, 0.5) is 0 Å². The van der Waals surface area contributed by atoms with Gasteiger partial charge in [-0.2, -0.15) is 0 Å². The molecule has 2 aromatic carbocycles. The number of aliphatic hydroxyl groups is 1. The first-order valence-corrected chi connectivity index (χ1v) is 8.80. The lowest BCUT2D eigenvalue weighted by molar-refractivity contribution is 0.0895. The summed E-state index contributed by atoms with van der Waals surface area (Å²) < 4.78 is 0. The van der Waals surface area contributed by atoms with Crippen molar-refractivity contribution in [3.05, 3.63) is 71.3 Å². The summed E-state index contributed by atoms with van der Waals surface area (Å²) in [6.07, 6.45) is 5.40. The van der Waals surface area contributed by atoms with Crippen LogP contribution in [-0.4, -0.2) is 17.7 Å². The van der Waals surface area contributed by atoms with E-state index in [4.69, 9.17) is 0 Å². The Morgan fingerprint density at radius 1 is 1.00 bits per heavy atom. The van der Waals surface area contributed by atoms with Gasteiger partial charge in [-0.3, -0.25) is 0 Å². The minimum atomic E-state index is -0.341. The summed E-state index contributed by atoms with van der Waals surface area (Å²) in [6, 6.07) is 19.5. The zero-order chi connectivity index (χ0) is 15.7. The van der Waals surface area contributed by atoms with Gasteiger partial charge >= 0.3 is 0 Å². The number of hydrogen-bond acceptors (Lipinski definition) is 2. The van der Waals surface area contributed by atoms with Gasteiger partial charge in [0.05, 0.1) is 6.10 Å². The zero-order valence-corrected chi connectivity index (χ0v) is 13.5. The predicted molar refractivity (Wildman–Crippen MR) is 93.3 cm³/mol. The molecular formula is C21H25NO. The van der Waals surface area contributed by atoms with Crippen LogP contribution in [0.5, 0.6) is 0 Å². The second-order valence-electron chi connectivity index (χ2n) is 7.26. The normalized spacial score (nSPS) is 23.1. The minimum absolute atomic E-state index is 0.0539. The summed E-state index contributed by atoms with van der Waals surface area (Å²) in [6.45, 7) is 0.926. The van der Waals surface area contributed by atoms with E-state index in [1.54, 1.807) is 0 Å². The molecule has 4 rings (SSSR count). The third-order valence-corrected chi connectivity index (χ3v) is 5.68. The SMILES string of the molecule is O[C@@H](c1ccccc1)C1(CN[C@@H]2CCc3ccccc3C2)CC1. The Balaban J connectivity index is 1.38. The van der Waals surface area contributed by atoms with Crippen LogP contribution in [-0.2, 0) is 12.8 Å². The predicted octanol–water partition coefficient (Wildman–Crippen LogP) is 3.65. The average molecular weight is 307 g/mol. The van der Waals surface area contributed by atoms with Gasteiger partial charge in [0.25, 0.3) is 0 Å². The molecule has 2 heteroatoms. The van der Waals surface area contributed by atoms with Crippen molar-refractivity contribution in [3.8, 4) is 0 Å². The number of nitrogens with one attached hydrogen (secondary N) is 1. The first-order chi connectivity index (χ1) is 11.3. The van der Waals surface area contributed by atoms with Gasteiger partial charge in [0.2, 0.25) is 0 Å². The molecule has 1 saturated carbocycles. The number of benzene rings is 2. The summed E-state index contributed by atoms with van der Waals surface area (Å²) in [5.74, 6) is 0. The molecule has 2 N–H and O–H groups in total. The fourth-order valence-electron chi connectivity index (χ4n) is 3.92. The third-order valence-electron chi connectivity index (χ3n) is 5.68. The Labute approximate surface area is 138 Å². The van der Waals surface area contributed by atoms with Crippen molar-refractivity contribution in [2.24, 2.45) is 5.41 Å². The van der Waals surface area contributed by atoms with Crippen LogP contribution in [0.25, 0.3) is 0 Å². The van der Waals surface area contributed by atoms with Gasteiger partial charge in [0.15, 0.2) is 0 Å². The van der Waals surface area contributed by atoms with Crippen molar-refractivity contribution in [2.45, 2.75) is 44.2 Å². The maximum Gasteiger partial charge on any atom is 0.0858 e. The van der Waals surface area contributed by atoms with Gasteiger partial charge in [-0.05, 0) is 48.8 Å². The lowest BCUT2D eigenvalue weighted by Gasteiger charge is -2.29. The number of aryl methyl sites for hydroxylation is 1. The third kappa shape index (κ3) is 3.06. The molecular weight excluding hydrogens is 282 g/mol. The van der Waals surface area contributed by atoms with Crippen LogP contribution in [0.15, 0.2) is 54.6 Å². The molecule has 0 spiro atoms. The Bertz CT molecular complexity index is 663. The van der Waals surface area contributed by atoms with Crippen LogP contribution in [0.3, 0.4) is 0 Å². The van der Waals surface area contributed by atoms with Gasteiger partial charge in [-0.15, -0.1) is 0 Å². The molecule has 0 bridgehead atoms. The van der Waals surface area contributed by atoms with Crippen molar-refractivity contribution in [3.63, 3.8) is 0 Å². The maximum atomic E-state index is 10.8. The summed E-state index contributed by atoms with van der Waals surface area (Å²) in [5, 5.41) is 14.5. The van der Waals surface area contributed by atoms with E-state index in [-0.39, 0.29) is 11.5 Å². The van der Waals surface area contributed by atoms with E-state index >= 15 is 0 Å². The summed E-state index contributed by atoms with van der Waals surface area (Å²) in [5.41, 5.74) is 4.11. The Morgan fingerprint density at radius 3 is 2.43 bits per heavy atom. The second-order valence-corrected chi connectivity index (χ2v) is 7.26. The Kier molecular flexibility index (Phi) is 3.96. The van der Waals surface area contributed by atoms with E-state index in [1.807, 2.05) is 30.3 Å². The van der Waals surface area contributed by atoms with Crippen molar-refractivity contribution in [1.82, 2.24) is 5.32 Å². The fraction of sp³-hybridized carbons (Fsp3) is 0.429. The highest BCUT2D eigenvalue weighted by atomic mass is 16.3. The summed E-state index contributed by atoms with van der Waals surface area (Å²) >= 11 is 0. The lowest BCUT2D eigenvalue weighted by atomic mass is 9.87. The highest BCUT2D eigenvalue weighted by Crippen LogP contribution is 2.54. The van der Waals surface area contributed by atoms with Crippen LogP contribution >= 0.6 is 0 Å². The lowest BCUT2D eigenvalue weighted by Crippen LogP contribution is -2.39. The van der Waals surface area contributed by atoms with Crippen molar-refractivity contribution in [1.29, 1.82) is 0 Å². The number of fused-ring (bicyclic) bond motifs is 1. The van der Waals surface area contributed by atoms with E-state index in [0.717, 1.165) is 31.4 Å². The van der Waals surface area contributed by atoms with Gasteiger partial charge in [-0.25, -0.2) is 0 Å². The van der Waals surface area contributed by atoms with Gasteiger partial charge < -0.3 is 10.4 Å². The molecule has 0 aliphatic heterocycles. The monoisotopic (exact) mass is 307 g/mol. The standard InChI is InChI=1S/C21H25NO/c23-20(17-7-2-1-3-8-17)21(12-13-21)15-22-19-11-10-16-6-4-5-9-18(16)14-19/h1-9,19-20,22-23H,10-15H2/t19-,20+/m1/s1. The maximum absolute atomic E-state index is 10.8. The van der Waals surface area contributed by atoms with Crippen molar-refractivity contribution in [2.75, 3.05) is 6.54 Å². The molecule has 2 atom stereocenters. The summed E-state index contributed by atoms with van der Waals surface area (Å²) in [4.78, 5) is 0. The summed E-state index contributed by atoms with van der Waals surface area (Å²) in [7, 11) is 0. The van der Waals surface area contributed by atoms with E-state index in [2.05, 4.69) is 29.6 Å². The minimum Gasteiger partial charge on any atom is -0.388 e. The molecule has 0 heterocycles. The smallest absolute Gasteiger partial charge is 0.0858 e. The first-order valence-electron chi connectivity index (χ1n) is 8.80. The molecule has 2 nitrogen and oxygen atoms in total. The van der Waals surface area contributed by atoms with Gasteiger partial charge in [-0.1, -0.05) is 54.6 Å². The topological polar surface area (TPSA) is 32.3 Å². The highest BCUT2D eigenvalue weighted by molar-refractivity contribution is 5.30. The van der Waals surface area contributed by atoms with E-state index in [0.29, 0.717) is 6.04 Å². The molecule has 2 aliphatic rings. The van der Waals surface area contributed by atoms with Crippen molar-refractivity contribution < 1.29 is 5.11 Å². The first kappa shape index (κ1) is 14.9. The van der Waals surface area contributed by atoms with Crippen LogP contribution in [0.1, 0.15) is 42.1 Å². The molecule has 2 aliphatic carbocycles. The molecule has 120 valence electrons. The fourth-order valence-corrected chi connectivity index (χ4v) is 3.92. The average Bonchev–Trinajstić information content (AvgIpc) is 3.41. The van der Waals surface area contributed by atoms with Gasteiger partial charge in [0, 0.05) is 18.0 Å². The number of rotatable bonds is 5. The van der Waals surface area contributed by atoms with Crippen LogP contribution < -0.4 is 5.32 Å². The van der Waals surface area contributed by atoms with Crippen LogP contribution in [0, 0.1) is 5.41 Å². The molecule has 0 unspecified atom stereocenters. The molecule has 1 fully saturated rings. The molecule has 23 heavy (non-hydrogen) atoms. The van der Waals surface area contributed by atoms with E-state index in [1.165, 1.54) is 24.0 Å². The quantitative estimate of drug-likeness (QED) is 0.884. The van der Waals surface area contributed by atoms with Crippen LogP contribution in [0.2, 0.25) is 0 Å². The Morgan fingerprint density at radius 2 is 1.70 bits per heavy atom. The molecule has 0 radical (unpaired) electrons. The number of hydrogen-bond donors (Lipinski definition) is 2. The van der Waals surface area contributed by atoms with Gasteiger partial charge in [0.1, 0.15) is 0 Å². The Hall–Kier alpha value is -1.64. The zero-order valence-electron chi connectivity index (χ0n) is 13.5. The molecule has 2 aromatic rings.